The molecule has 110 valence electrons. The van der Waals surface area contributed by atoms with Crippen LogP contribution in [0.5, 0.6) is 0 Å². The molecule has 0 heterocycles. The lowest BCUT2D eigenvalue weighted by Gasteiger charge is -2.21. The number of hydrogen-bond donors (Lipinski definition) is 3. The van der Waals surface area contributed by atoms with E-state index in [2.05, 4.69) is 5.32 Å². The molecule has 0 saturated heterocycles. The van der Waals surface area contributed by atoms with Gasteiger partial charge in [0.05, 0.1) is 11.5 Å². The van der Waals surface area contributed by atoms with Crippen LogP contribution in [0.1, 0.15) is 25.8 Å². The second-order valence-corrected chi connectivity index (χ2v) is 5.54. The highest BCUT2D eigenvalue weighted by Crippen LogP contribution is 2.13. The maximum atomic E-state index is 11.8. The molecule has 0 spiro atoms. The van der Waals surface area contributed by atoms with E-state index in [1.54, 1.807) is 13.8 Å². The van der Waals surface area contributed by atoms with Gasteiger partial charge in [-0.05, 0) is 32.3 Å². The van der Waals surface area contributed by atoms with Crippen LogP contribution in [0.3, 0.4) is 0 Å². The van der Waals surface area contributed by atoms with Crippen molar-refractivity contribution in [3.8, 4) is 0 Å². The predicted octanol–water partition coefficient (Wildman–Crippen LogP) is 1.17. The molecular weight excluding hydrogens is 256 g/mol. The maximum Gasteiger partial charge on any atom is 0.310 e. The first-order valence-electron chi connectivity index (χ1n) is 6.63. The Balaban J connectivity index is 2.38. The number of carbonyl (C=O) groups excluding carboxylic acids is 1. The summed E-state index contributed by atoms with van der Waals surface area (Å²) in [5.41, 5.74) is 5.95. The molecule has 0 aliphatic carbocycles. The molecule has 20 heavy (non-hydrogen) atoms. The first-order chi connectivity index (χ1) is 9.33. The lowest BCUT2D eigenvalue weighted by atomic mass is 9.93. The van der Waals surface area contributed by atoms with Gasteiger partial charge in [-0.2, -0.15) is 0 Å². The molecule has 0 aliphatic rings. The summed E-state index contributed by atoms with van der Waals surface area (Å²) in [4.78, 5) is 22.7. The molecule has 1 atom stereocenters. The Morgan fingerprint density at radius 3 is 2.45 bits per heavy atom. The molecule has 0 aromatic heterocycles. The monoisotopic (exact) mass is 278 g/mol. The summed E-state index contributed by atoms with van der Waals surface area (Å²) in [6.45, 7) is 3.19. The molecule has 1 aromatic carbocycles. The zero-order valence-corrected chi connectivity index (χ0v) is 11.9. The van der Waals surface area contributed by atoms with Gasteiger partial charge in [0, 0.05) is 6.54 Å². The summed E-state index contributed by atoms with van der Waals surface area (Å²) >= 11 is 0. The van der Waals surface area contributed by atoms with E-state index in [0.717, 1.165) is 12.0 Å². The largest absolute Gasteiger partial charge is 0.481 e. The van der Waals surface area contributed by atoms with E-state index < -0.39 is 17.4 Å². The van der Waals surface area contributed by atoms with Crippen molar-refractivity contribution in [1.29, 1.82) is 0 Å². The minimum absolute atomic E-state index is 0.0696. The van der Waals surface area contributed by atoms with Gasteiger partial charge in [-0.15, -0.1) is 0 Å². The SMILES string of the molecule is CC(C)(CNC(=O)[C@@H](N)CCc1ccccc1)C(=O)O. The third-order valence-electron chi connectivity index (χ3n) is 3.21. The van der Waals surface area contributed by atoms with Crippen molar-refractivity contribution in [3.63, 3.8) is 0 Å². The number of nitrogens with one attached hydrogen (secondary N) is 1. The lowest BCUT2D eigenvalue weighted by Crippen LogP contribution is -2.46. The van der Waals surface area contributed by atoms with Crippen molar-refractivity contribution >= 4 is 11.9 Å². The molecule has 1 amide bonds. The van der Waals surface area contributed by atoms with Gasteiger partial charge in [0.25, 0.3) is 0 Å². The number of aliphatic carboxylic acids is 1. The summed E-state index contributed by atoms with van der Waals surface area (Å²) < 4.78 is 0. The zero-order chi connectivity index (χ0) is 15.2. The highest BCUT2D eigenvalue weighted by molar-refractivity contribution is 5.82. The van der Waals surface area contributed by atoms with Gasteiger partial charge in [0.2, 0.25) is 5.91 Å². The fourth-order valence-electron chi connectivity index (χ4n) is 1.61. The van der Waals surface area contributed by atoms with E-state index in [9.17, 15) is 9.59 Å². The van der Waals surface area contributed by atoms with Crippen LogP contribution < -0.4 is 11.1 Å². The first-order valence-corrected chi connectivity index (χ1v) is 6.63. The predicted molar refractivity (Wildman–Crippen MR) is 77.2 cm³/mol. The molecule has 0 radical (unpaired) electrons. The Hall–Kier alpha value is -1.88. The number of hydrogen-bond acceptors (Lipinski definition) is 3. The van der Waals surface area contributed by atoms with Crippen molar-refractivity contribution in [2.24, 2.45) is 11.1 Å². The van der Waals surface area contributed by atoms with Crippen LogP contribution in [0.15, 0.2) is 30.3 Å². The van der Waals surface area contributed by atoms with Crippen molar-refractivity contribution in [1.82, 2.24) is 5.32 Å². The average Bonchev–Trinajstić information content (AvgIpc) is 2.43. The molecule has 5 heteroatoms. The van der Waals surface area contributed by atoms with Gasteiger partial charge in [-0.1, -0.05) is 30.3 Å². The molecule has 5 nitrogen and oxygen atoms in total. The van der Waals surface area contributed by atoms with Crippen LogP contribution in [0.2, 0.25) is 0 Å². The van der Waals surface area contributed by atoms with E-state index in [1.165, 1.54) is 0 Å². The molecule has 1 aromatic rings. The summed E-state index contributed by atoms with van der Waals surface area (Å²) in [5.74, 6) is -1.26. The van der Waals surface area contributed by atoms with Gasteiger partial charge in [-0.25, -0.2) is 0 Å². The molecule has 1 rings (SSSR count). The van der Waals surface area contributed by atoms with Crippen molar-refractivity contribution in [3.05, 3.63) is 35.9 Å². The lowest BCUT2D eigenvalue weighted by molar-refractivity contribution is -0.146. The fourth-order valence-corrected chi connectivity index (χ4v) is 1.61. The quantitative estimate of drug-likeness (QED) is 0.698. The Labute approximate surface area is 119 Å². The van der Waals surface area contributed by atoms with Crippen molar-refractivity contribution < 1.29 is 14.7 Å². The normalized spacial score (nSPS) is 12.8. The first kappa shape index (κ1) is 16.2. The molecular formula is C15H22N2O3. The number of nitrogens with two attached hydrogens (primary N) is 1. The van der Waals surface area contributed by atoms with Crippen LogP contribution in [0.25, 0.3) is 0 Å². The number of aryl methyl sites for hydroxylation is 1. The van der Waals surface area contributed by atoms with Crippen LogP contribution >= 0.6 is 0 Å². The van der Waals surface area contributed by atoms with Crippen molar-refractivity contribution in [2.45, 2.75) is 32.7 Å². The second-order valence-electron chi connectivity index (χ2n) is 5.54. The van der Waals surface area contributed by atoms with Gasteiger partial charge < -0.3 is 16.2 Å². The van der Waals surface area contributed by atoms with Crippen LogP contribution in [0, 0.1) is 5.41 Å². The number of carbonyl (C=O) groups is 2. The van der Waals surface area contributed by atoms with Gasteiger partial charge in [0.15, 0.2) is 0 Å². The summed E-state index contributed by atoms with van der Waals surface area (Å²) in [6, 6.07) is 9.16. The Morgan fingerprint density at radius 1 is 1.30 bits per heavy atom. The summed E-state index contributed by atoms with van der Waals surface area (Å²) in [6.07, 6.45) is 1.25. The molecule has 0 saturated carbocycles. The zero-order valence-electron chi connectivity index (χ0n) is 11.9. The molecule has 0 unspecified atom stereocenters. The fraction of sp³-hybridized carbons (Fsp3) is 0.467. The van der Waals surface area contributed by atoms with Crippen molar-refractivity contribution in [2.75, 3.05) is 6.54 Å². The smallest absolute Gasteiger partial charge is 0.310 e. The second kappa shape index (κ2) is 7.05. The average molecular weight is 278 g/mol. The summed E-state index contributed by atoms with van der Waals surface area (Å²) in [7, 11) is 0. The van der Waals surface area contributed by atoms with E-state index >= 15 is 0 Å². The molecule has 4 N–H and O–H groups in total. The minimum Gasteiger partial charge on any atom is -0.481 e. The number of carboxylic acid groups (broad SMARTS) is 1. The number of rotatable bonds is 7. The van der Waals surface area contributed by atoms with Gasteiger partial charge in [0.1, 0.15) is 0 Å². The minimum atomic E-state index is -0.991. The van der Waals surface area contributed by atoms with Crippen LogP contribution in [-0.2, 0) is 16.0 Å². The number of amides is 1. The third kappa shape index (κ3) is 5.01. The van der Waals surface area contributed by atoms with Gasteiger partial charge in [-0.3, -0.25) is 9.59 Å². The Bertz CT molecular complexity index is 457. The number of carboxylic acids is 1. The Kier molecular flexibility index (Phi) is 5.70. The van der Waals surface area contributed by atoms with Gasteiger partial charge >= 0.3 is 5.97 Å². The topological polar surface area (TPSA) is 92.4 Å². The third-order valence-corrected chi connectivity index (χ3v) is 3.21. The molecule has 0 aliphatic heterocycles. The summed E-state index contributed by atoms with van der Waals surface area (Å²) in [5, 5.41) is 11.6. The van der Waals surface area contributed by atoms with Crippen LogP contribution in [-0.4, -0.2) is 29.6 Å². The highest BCUT2D eigenvalue weighted by atomic mass is 16.4. The maximum absolute atomic E-state index is 11.8. The van der Waals surface area contributed by atoms with E-state index in [0.29, 0.717) is 6.42 Å². The van der Waals surface area contributed by atoms with E-state index in [4.69, 9.17) is 10.8 Å². The number of benzene rings is 1. The van der Waals surface area contributed by atoms with E-state index in [1.807, 2.05) is 30.3 Å². The van der Waals surface area contributed by atoms with E-state index in [-0.39, 0.29) is 12.5 Å². The Morgan fingerprint density at radius 2 is 1.90 bits per heavy atom. The molecule has 0 fully saturated rings. The van der Waals surface area contributed by atoms with Crippen LogP contribution in [0.4, 0.5) is 0 Å². The standard InChI is InChI=1S/C15H22N2O3/c1-15(2,14(19)20)10-17-13(18)12(16)9-8-11-6-4-3-5-7-11/h3-7,12H,8-10,16H2,1-2H3,(H,17,18)(H,19,20)/t12-/m0/s1. The molecule has 0 bridgehead atoms. The highest BCUT2D eigenvalue weighted by Gasteiger charge is 2.28.